The number of H-pyrrole nitrogens is 1. The molecule has 1 fully saturated rings. The third-order valence-electron chi connectivity index (χ3n) is 7.16. The van der Waals surface area contributed by atoms with Gasteiger partial charge in [0, 0.05) is 40.2 Å². The average Bonchev–Trinajstić information content (AvgIpc) is 3.43. The smallest absolute Gasteiger partial charge is 0.137 e. The molecule has 3 aromatic heterocycles. The van der Waals surface area contributed by atoms with Crippen LogP contribution in [0.4, 0.5) is 4.39 Å². The summed E-state index contributed by atoms with van der Waals surface area (Å²) in [6, 6.07) is 17.1. The summed E-state index contributed by atoms with van der Waals surface area (Å²) in [5, 5.41) is 9.21. The highest BCUT2D eigenvalue weighted by Gasteiger charge is 2.19. The van der Waals surface area contributed by atoms with Crippen LogP contribution in [0.3, 0.4) is 0 Å². The van der Waals surface area contributed by atoms with E-state index in [1.54, 1.807) is 12.1 Å². The summed E-state index contributed by atoms with van der Waals surface area (Å²) < 4.78 is 21.9. The Labute approximate surface area is 215 Å². The molecular weight excluding hydrogens is 465 g/mol. The summed E-state index contributed by atoms with van der Waals surface area (Å²) in [5.41, 5.74) is 7.92. The third-order valence-corrected chi connectivity index (χ3v) is 7.16. The monoisotopic (exact) mass is 495 g/mol. The first-order valence-corrected chi connectivity index (χ1v) is 12.8. The van der Waals surface area contributed by atoms with E-state index in [4.69, 9.17) is 14.8 Å². The lowest BCUT2D eigenvalue weighted by Crippen LogP contribution is -2.34. The molecule has 0 atom stereocenters. The SMILES string of the molecule is Cc1nn(Cc2cccc(F)c2)c(C)c1-c1c[nH]c2ncc(-c3cccc(OC4CCNCC4)c3)cc12. The zero-order valence-electron chi connectivity index (χ0n) is 21.1. The number of aromatic nitrogens is 4. The van der Waals surface area contributed by atoms with Gasteiger partial charge in [0.25, 0.3) is 0 Å². The molecule has 0 saturated carbocycles. The molecule has 0 radical (unpaired) electrons. The number of ether oxygens (including phenoxy) is 1. The Balaban J connectivity index is 1.33. The zero-order chi connectivity index (χ0) is 25.4. The molecule has 188 valence electrons. The van der Waals surface area contributed by atoms with E-state index in [0.717, 1.165) is 81.9 Å². The maximum Gasteiger partial charge on any atom is 0.137 e. The van der Waals surface area contributed by atoms with Crippen molar-refractivity contribution in [3.63, 3.8) is 0 Å². The van der Waals surface area contributed by atoms with E-state index in [1.165, 1.54) is 6.07 Å². The molecule has 1 saturated heterocycles. The van der Waals surface area contributed by atoms with Gasteiger partial charge in [-0.25, -0.2) is 9.37 Å². The predicted octanol–water partition coefficient (Wildman–Crippen LogP) is 6.03. The fourth-order valence-electron chi connectivity index (χ4n) is 5.27. The van der Waals surface area contributed by atoms with Gasteiger partial charge >= 0.3 is 0 Å². The molecule has 0 amide bonds. The molecular formula is C30H30FN5O. The van der Waals surface area contributed by atoms with Gasteiger partial charge in [0.2, 0.25) is 0 Å². The number of aryl methyl sites for hydroxylation is 1. The van der Waals surface area contributed by atoms with Crippen LogP contribution < -0.4 is 10.1 Å². The van der Waals surface area contributed by atoms with Crippen LogP contribution in [0.15, 0.2) is 67.0 Å². The Morgan fingerprint density at radius 2 is 1.86 bits per heavy atom. The maximum atomic E-state index is 13.7. The zero-order valence-corrected chi connectivity index (χ0v) is 21.1. The van der Waals surface area contributed by atoms with Crippen molar-refractivity contribution >= 4 is 11.0 Å². The second kappa shape index (κ2) is 9.82. The minimum Gasteiger partial charge on any atom is -0.490 e. The second-order valence-electron chi connectivity index (χ2n) is 9.75. The van der Waals surface area contributed by atoms with E-state index in [2.05, 4.69) is 35.4 Å². The fraction of sp³-hybridized carbons (Fsp3) is 0.267. The number of pyridine rings is 1. The predicted molar refractivity (Wildman–Crippen MR) is 144 cm³/mol. The van der Waals surface area contributed by atoms with Crippen molar-refractivity contribution in [3.05, 3.63) is 89.8 Å². The highest BCUT2D eigenvalue weighted by molar-refractivity contribution is 5.97. The minimum absolute atomic E-state index is 0.236. The van der Waals surface area contributed by atoms with Crippen LogP contribution in [0.2, 0.25) is 0 Å². The van der Waals surface area contributed by atoms with Crippen molar-refractivity contribution in [2.45, 2.75) is 39.3 Å². The first kappa shape index (κ1) is 23.4. The Morgan fingerprint density at radius 1 is 1.03 bits per heavy atom. The van der Waals surface area contributed by atoms with E-state index in [0.29, 0.717) is 6.54 Å². The van der Waals surface area contributed by atoms with Gasteiger partial charge < -0.3 is 15.0 Å². The van der Waals surface area contributed by atoms with Crippen molar-refractivity contribution < 1.29 is 9.13 Å². The second-order valence-corrected chi connectivity index (χ2v) is 9.75. The van der Waals surface area contributed by atoms with Crippen molar-refractivity contribution in [2.75, 3.05) is 13.1 Å². The Bertz CT molecular complexity index is 1560. The number of hydrogen-bond acceptors (Lipinski definition) is 4. The molecule has 7 heteroatoms. The van der Waals surface area contributed by atoms with Crippen LogP contribution in [0, 0.1) is 19.7 Å². The van der Waals surface area contributed by atoms with E-state index >= 15 is 0 Å². The number of piperidine rings is 1. The highest BCUT2D eigenvalue weighted by atomic mass is 19.1. The molecule has 6 nitrogen and oxygen atoms in total. The third kappa shape index (κ3) is 4.74. The van der Waals surface area contributed by atoms with Gasteiger partial charge in [-0.15, -0.1) is 0 Å². The summed E-state index contributed by atoms with van der Waals surface area (Å²) in [7, 11) is 0. The van der Waals surface area contributed by atoms with Gasteiger partial charge in [0.05, 0.1) is 12.2 Å². The molecule has 0 aliphatic carbocycles. The number of benzene rings is 2. The number of halogens is 1. The number of nitrogens with one attached hydrogen (secondary N) is 2. The minimum atomic E-state index is -0.236. The van der Waals surface area contributed by atoms with Gasteiger partial charge in [0.15, 0.2) is 0 Å². The molecule has 2 aromatic carbocycles. The quantitative estimate of drug-likeness (QED) is 0.302. The van der Waals surface area contributed by atoms with Gasteiger partial charge in [-0.1, -0.05) is 24.3 Å². The maximum absolute atomic E-state index is 13.7. The van der Waals surface area contributed by atoms with Crippen LogP contribution in [0.5, 0.6) is 5.75 Å². The van der Waals surface area contributed by atoms with E-state index in [-0.39, 0.29) is 11.9 Å². The van der Waals surface area contributed by atoms with Crippen LogP contribution in [0.1, 0.15) is 29.8 Å². The Hall–Kier alpha value is -3.97. The standard InChI is InChI=1S/C30H30FN5O/c1-19-29(20(2)36(35-19)18-21-5-3-7-24(31)13-21)28-17-34-30-27(28)15-23(16-33-30)22-6-4-8-26(14-22)37-25-9-11-32-12-10-25/h3-8,13-17,25,32H,9-12,18H2,1-2H3,(H,33,34). The van der Waals surface area contributed by atoms with E-state index < -0.39 is 0 Å². The topological polar surface area (TPSA) is 67.8 Å². The van der Waals surface area contributed by atoms with Crippen molar-refractivity contribution in [1.29, 1.82) is 0 Å². The molecule has 0 spiro atoms. The van der Waals surface area contributed by atoms with Crippen molar-refractivity contribution in [1.82, 2.24) is 25.1 Å². The van der Waals surface area contributed by atoms with Gasteiger partial charge in [-0.3, -0.25) is 4.68 Å². The van der Waals surface area contributed by atoms with Crippen LogP contribution in [0.25, 0.3) is 33.3 Å². The average molecular weight is 496 g/mol. The molecule has 0 bridgehead atoms. The van der Waals surface area contributed by atoms with Crippen LogP contribution in [-0.2, 0) is 6.54 Å². The highest BCUT2D eigenvalue weighted by Crippen LogP contribution is 2.35. The van der Waals surface area contributed by atoms with Crippen molar-refractivity contribution in [2.24, 2.45) is 0 Å². The summed E-state index contributed by atoms with van der Waals surface area (Å²) in [6.07, 6.45) is 6.20. The molecule has 2 N–H and O–H groups in total. The van der Waals surface area contributed by atoms with Gasteiger partial charge in [0.1, 0.15) is 23.3 Å². The lowest BCUT2D eigenvalue weighted by Gasteiger charge is -2.24. The molecule has 1 aliphatic heterocycles. The van der Waals surface area contributed by atoms with Crippen LogP contribution >= 0.6 is 0 Å². The largest absolute Gasteiger partial charge is 0.490 e. The molecule has 1 aliphatic rings. The molecule has 4 heterocycles. The Kier molecular flexibility index (Phi) is 6.22. The first-order valence-electron chi connectivity index (χ1n) is 12.8. The molecule has 37 heavy (non-hydrogen) atoms. The summed E-state index contributed by atoms with van der Waals surface area (Å²) >= 11 is 0. The molecule has 0 unspecified atom stereocenters. The number of nitrogens with zero attached hydrogens (tertiary/aromatic N) is 3. The summed E-state index contributed by atoms with van der Waals surface area (Å²) in [4.78, 5) is 8.04. The van der Waals surface area contributed by atoms with Crippen LogP contribution in [-0.4, -0.2) is 38.9 Å². The normalized spacial score (nSPS) is 14.4. The summed E-state index contributed by atoms with van der Waals surface area (Å²) in [5.74, 6) is 0.656. The van der Waals surface area contributed by atoms with Gasteiger partial charge in [-0.05, 0) is 81.2 Å². The number of hydrogen-bond donors (Lipinski definition) is 2. The Morgan fingerprint density at radius 3 is 2.70 bits per heavy atom. The molecule has 5 aromatic rings. The van der Waals surface area contributed by atoms with Crippen molar-refractivity contribution in [3.8, 4) is 28.0 Å². The summed E-state index contributed by atoms with van der Waals surface area (Å²) in [6.45, 7) is 6.59. The van der Waals surface area contributed by atoms with E-state index in [1.807, 2.05) is 42.2 Å². The van der Waals surface area contributed by atoms with Gasteiger partial charge in [-0.2, -0.15) is 5.10 Å². The first-order chi connectivity index (χ1) is 18.0. The lowest BCUT2D eigenvalue weighted by atomic mass is 10.0. The number of fused-ring (bicyclic) bond motifs is 1. The lowest BCUT2D eigenvalue weighted by molar-refractivity contribution is 0.162. The van der Waals surface area contributed by atoms with E-state index in [9.17, 15) is 4.39 Å². The fourth-order valence-corrected chi connectivity index (χ4v) is 5.27. The molecule has 6 rings (SSSR count). The number of rotatable bonds is 6. The number of aromatic amines is 1.